The van der Waals surface area contributed by atoms with Crippen molar-refractivity contribution in [1.82, 2.24) is 9.55 Å². The molecule has 2 aromatic heterocycles. The van der Waals surface area contributed by atoms with Gasteiger partial charge in [0, 0.05) is 62.9 Å². The maximum absolute atomic E-state index is 6.63. The summed E-state index contributed by atoms with van der Waals surface area (Å²) in [5, 5.41) is 4.83. The van der Waals surface area contributed by atoms with E-state index in [1.807, 2.05) is 24.5 Å². The number of anilines is 3. The summed E-state index contributed by atoms with van der Waals surface area (Å²) in [6.07, 6.45) is 3.67. The third-order valence-electron chi connectivity index (χ3n) is 10.9. The molecule has 0 unspecified atom stereocenters. The lowest BCUT2D eigenvalue weighted by Gasteiger charge is -2.28. The minimum atomic E-state index is 0.849. The zero-order valence-electron chi connectivity index (χ0n) is 29.8. The number of nitrogens with zero attached hydrogens (tertiary/aromatic N) is 3. The van der Waals surface area contributed by atoms with Crippen LogP contribution < -0.4 is 9.64 Å². The molecule has 0 bridgehead atoms. The van der Waals surface area contributed by atoms with Gasteiger partial charge in [-0.3, -0.25) is 4.98 Å². The SMILES string of the molecule is c1ccc(-n2c3ccccc3c3cc(-c4ccc(N(c5ccc(-c6ccncc6)cc5)c5ccc6c(c5)Oc5cccc7cccc-6c57)cc4)ccc32)cc1. The number of hydrogen-bond donors (Lipinski definition) is 0. The highest BCUT2D eigenvalue weighted by atomic mass is 16.5. The van der Waals surface area contributed by atoms with Gasteiger partial charge in [0.1, 0.15) is 11.5 Å². The molecule has 0 atom stereocenters. The zero-order chi connectivity index (χ0) is 36.3. The fraction of sp³-hybridized carbons (Fsp3) is 0. The zero-order valence-corrected chi connectivity index (χ0v) is 29.8. The van der Waals surface area contributed by atoms with Crippen molar-refractivity contribution in [2.75, 3.05) is 4.90 Å². The molecule has 0 spiro atoms. The Hall–Kier alpha value is -7.43. The van der Waals surface area contributed by atoms with Crippen molar-refractivity contribution < 1.29 is 4.74 Å². The summed E-state index contributed by atoms with van der Waals surface area (Å²) in [5.41, 5.74) is 13.6. The summed E-state index contributed by atoms with van der Waals surface area (Å²) in [6.45, 7) is 0. The van der Waals surface area contributed by atoms with Gasteiger partial charge in [-0.15, -0.1) is 0 Å². The Morgan fingerprint density at radius 1 is 0.418 bits per heavy atom. The fourth-order valence-electron chi connectivity index (χ4n) is 8.30. The van der Waals surface area contributed by atoms with Crippen molar-refractivity contribution >= 4 is 49.6 Å². The number of hydrogen-bond acceptors (Lipinski definition) is 3. The molecule has 1 aliphatic heterocycles. The monoisotopic (exact) mass is 703 g/mol. The molecule has 258 valence electrons. The second kappa shape index (κ2) is 12.6. The van der Waals surface area contributed by atoms with Crippen LogP contribution >= 0.6 is 0 Å². The third kappa shape index (κ3) is 5.19. The molecule has 4 nitrogen and oxygen atoms in total. The summed E-state index contributed by atoms with van der Waals surface area (Å²) < 4.78 is 8.99. The van der Waals surface area contributed by atoms with E-state index in [4.69, 9.17) is 4.74 Å². The predicted octanol–water partition coefficient (Wildman–Crippen LogP) is 13.9. The van der Waals surface area contributed by atoms with Gasteiger partial charge in [0.05, 0.1) is 11.0 Å². The van der Waals surface area contributed by atoms with E-state index in [1.54, 1.807) is 0 Å². The van der Waals surface area contributed by atoms with E-state index < -0.39 is 0 Å². The molecule has 0 fully saturated rings. The third-order valence-corrected chi connectivity index (χ3v) is 10.9. The van der Waals surface area contributed by atoms with Gasteiger partial charge < -0.3 is 14.2 Å². The highest BCUT2D eigenvalue weighted by Gasteiger charge is 2.22. The molecule has 0 saturated heterocycles. The molecule has 0 amide bonds. The van der Waals surface area contributed by atoms with Crippen molar-refractivity contribution in [3.05, 3.63) is 200 Å². The van der Waals surface area contributed by atoms with E-state index in [9.17, 15) is 0 Å². The normalized spacial score (nSPS) is 11.8. The predicted molar refractivity (Wildman–Crippen MR) is 227 cm³/mol. The minimum absolute atomic E-state index is 0.849. The first-order valence-corrected chi connectivity index (χ1v) is 18.6. The molecule has 1 aliphatic rings. The molecule has 10 aromatic rings. The van der Waals surface area contributed by atoms with Crippen LogP contribution in [0.3, 0.4) is 0 Å². The van der Waals surface area contributed by atoms with E-state index >= 15 is 0 Å². The van der Waals surface area contributed by atoms with Crippen molar-refractivity contribution in [2.45, 2.75) is 0 Å². The lowest BCUT2D eigenvalue weighted by molar-refractivity contribution is 0.487. The molecule has 0 N–H and O–H groups in total. The summed E-state index contributed by atoms with van der Waals surface area (Å²) in [7, 11) is 0. The molecule has 55 heavy (non-hydrogen) atoms. The highest BCUT2D eigenvalue weighted by Crippen LogP contribution is 2.49. The summed E-state index contributed by atoms with van der Waals surface area (Å²) in [6, 6.07) is 67.2. The largest absolute Gasteiger partial charge is 0.456 e. The van der Waals surface area contributed by atoms with Gasteiger partial charge in [-0.25, -0.2) is 0 Å². The Morgan fingerprint density at radius 2 is 1.05 bits per heavy atom. The Morgan fingerprint density at radius 3 is 1.84 bits per heavy atom. The van der Waals surface area contributed by atoms with Crippen LogP contribution in [0.25, 0.3) is 71.6 Å². The summed E-state index contributed by atoms with van der Waals surface area (Å²) in [4.78, 5) is 6.51. The van der Waals surface area contributed by atoms with Crippen molar-refractivity contribution in [1.29, 1.82) is 0 Å². The Labute approximate surface area is 318 Å². The molecular formula is C51H33N3O. The van der Waals surface area contributed by atoms with Crippen LogP contribution in [-0.2, 0) is 0 Å². The van der Waals surface area contributed by atoms with E-state index in [0.717, 1.165) is 61.9 Å². The molecule has 3 heterocycles. The van der Waals surface area contributed by atoms with Crippen LogP contribution in [0.4, 0.5) is 17.1 Å². The average molecular weight is 704 g/mol. The van der Waals surface area contributed by atoms with Crippen LogP contribution in [0.5, 0.6) is 11.5 Å². The maximum Gasteiger partial charge on any atom is 0.137 e. The number of para-hydroxylation sites is 2. The number of aromatic nitrogens is 2. The maximum atomic E-state index is 6.63. The van der Waals surface area contributed by atoms with Gasteiger partial charge in [-0.05, 0) is 118 Å². The molecule has 0 saturated carbocycles. The van der Waals surface area contributed by atoms with Gasteiger partial charge in [0.15, 0.2) is 0 Å². The number of ether oxygens (including phenoxy) is 1. The first kappa shape index (κ1) is 31.1. The molecule has 0 radical (unpaired) electrons. The van der Waals surface area contributed by atoms with Gasteiger partial charge >= 0.3 is 0 Å². The van der Waals surface area contributed by atoms with Crippen LogP contribution in [-0.4, -0.2) is 9.55 Å². The second-order valence-electron chi connectivity index (χ2n) is 14.0. The van der Waals surface area contributed by atoms with Crippen molar-refractivity contribution in [3.63, 3.8) is 0 Å². The molecule has 8 aromatic carbocycles. The van der Waals surface area contributed by atoms with Crippen molar-refractivity contribution in [2.24, 2.45) is 0 Å². The lowest BCUT2D eigenvalue weighted by atomic mass is 9.94. The number of pyridine rings is 1. The Balaban J connectivity index is 1.01. The van der Waals surface area contributed by atoms with E-state index in [2.05, 4.69) is 190 Å². The van der Waals surface area contributed by atoms with Gasteiger partial charge in [0.2, 0.25) is 0 Å². The topological polar surface area (TPSA) is 30.3 Å². The molecule has 0 aliphatic carbocycles. The van der Waals surface area contributed by atoms with Crippen LogP contribution in [0.1, 0.15) is 0 Å². The van der Waals surface area contributed by atoms with Gasteiger partial charge in [-0.2, -0.15) is 0 Å². The van der Waals surface area contributed by atoms with Crippen molar-refractivity contribution in [3.8, 4) is 50.6 Å². The van der Waals surface area contributed by atoms with E-state index in [-0.39, 0.29) is 0 Å². The molecule has 11 rings (SSSR count). The van der Waals surface area contributed by atoms with Crippen LogP contribution in [0.15, 0.2) is 200 Å². The minimum Gasteiger partial charge on any atom is -0.456 e. The second-order valence-corrected chi connectivity index (χ2v) is 14.0. The summed E-state index contributed by atoms with van der Waals surface area (Å²) >= 11 is 0. The molecule has 4 heteroatoms. The standard InChI is InChI=1S/C51H33N3O/c1-2-10-39(11-3-1)54-47-14-5-4-12-43(47)46-32-38(20-27-48(46)54)35-18-23-41(24-19-35)53(40-21-16-34(17-22-40)36-28-30-52-31-29-36)42-25-26-44-45-13-6-8-37-9-7-15-49(51(37)45)55-50(44)33-42/h1-33H. The fourth-order valence-corrected chi connectivity index (χ4v) is 8.30. The first-order valence-electron chi connectivity index (χ1n) is 18.6. The van der Waals surface area contributed by atoms with E-state index in [0.29, 0.717) is 0 Å². The Kier molecular flexibility index (Phi) is 7.14. The number of fused-ring (bicyclic) bond motifs is 5. The number of rotatable bonds is 6. The smallest absolute Gasteiger partial charge is 0.137 e. The quantitative estimate of drug-likeness (QED) is 0.173. The average Bonchev–Trinajstić information content (AvgIpc) is 3.59. The van der Waals surface area contributed by atoms with Crippen LogP contribution in [0.2, 0.25) is 0 Å². The molecular weight excluding hydrogens is 671 g/mol. The van der Waals surface area contributed by atoms with Gasteiger partial charge in [0.25, 0.3) is 0 Å². The van der Waals surface area contributed by atoms with Crippen LogP contribution in [0, 0.1) is 0 Å². The van der Waals surface area contributed by atoms with Gasteiger partial charge in [-0.1, -0.05) is 97.1 Å². The number of benzene rings is 8. The highest BCUT2D eigenvalue weighted by molar-refractivity contribution is 6.10. The Bertz CT molecular complexity index is 3040. The first-order chi connectivity index (χ1) is 27.3. The summed E-state index contributed by atoms with van der Waals surface area (Å²) in [5.74, 6) is 1.74. The van der Waals surface area contributed by atoms with E-state index in [1.165, 1.54) is 38.3 Å². The lowest BCUT2D eigenvalue weighted by Crippen LogP contribution is -2.10.